The normalized spacial score (nSPS) is 34.8. The SMILES string of the molecule is CC(C)(C)N1C[C@H]2CC=C(O)[C@H]2C1. The van der Waals surface area contributed by atoms with Crippen molar-refractivity contribution in [1.29, 1.82) is 0 Å². The lowest BCUT2D eigenvalue weighted by atomic mass is 9.99. The van der Waals surface area contributed by atoms with Crippen molar-refractivity contribution in [3.8, 4) is 0 Å². The molecule has 0 aromatic heterocycles. The summed E-state index contributed by atoms with van der Waals surface area (Å²) in [6, 6.07) is 0. The number of likely N-dealkylation sites (tertiary alicyclic amines) is 1. The van der Waals surface area contributed by atoms with Gasteiger partial charge < -0.3 is 5.11 Å². The second-order valence-electron chi connectivity index (χ2n) is 5.31. The molecular formula is C11H19NO. The summed E-state index contributed by atoms with van der Waals surface area (Å²) >= 11 is 0. The van der Waals surface area contributed by atoms with Gasteiger partial charge in [-0.15, -0.1) is 0 Å². The number of allylic oxidation sites excluding steroid dienone is 1. The Morgan fingerprint density at radius 1 is 1.38 bits per heavy atom. The van der Waals surface area contributed by atoms with Gasteiger partial charge in [0.1, 0.15) is 0 Å². The highest BCUT2D eigenvalue weighted by Gasteiger charge is 2.41. The Hall–Kier alpha value is -0.500. The van der Waals surface area contributed by atoms with Gasteiger partial charge in [0.2, 0.25) is 0 Å². The zero-order valence-electron chi connectivity index (χ0n) is 8.75. The van der Waals surface area contributed by atoms with Crippen molar-refractivity contribution >= 4 is 0 Å². The van der Waals surface area contributed by atoms with Crippen molar-refractivity contribution in [1.82, 2.24) is 4.90 Å². The van der Waals surface area contributed by atoms with Crippen LogP contribution >= 0.6 is 0 Å². The van der Waals surface area contributed by atoms with E-state index in [9.17, 15) is 5.11 Å². The van der Waals surface area contributed by atoms with Crippen LogP contribution in [0.1, 0.15) is 27.2 Å². The molecule has 0 unspecified atom stereocenters. The highest BCUT2D eigenvalue weighted by atomic mass is 16.3. The summed E-state index contributed by atoms with van der Waals surface area (Å²) < 4.78 is 0. The molecule has 0 aromatic rings. The lowest BCUT2D eigenvalue weighted by Gasteiger charge is -2.32. The number of aliphatic hydroxyl groups is 1. The number of hydrogen-bond donors (Lipinski definition) is 1. The van der Waals surface area contributed by atoms with E-state index in [2.05, 4.69) is 25.7 Å². The molecule has 1 aliphatic heterocycles. The fraction of sp³-hybridized carbons (Fsp3) is 0.818. The number of hydrogen-bond acceptors (Lipinski definition) is 2. The van der Waals surface area contributed by atoms with E-state index in [1.54, 1.807) is 0 Å². The predicted octanol–water partition coefficient (Wildman–Crippen LogP) is 2.18. The van der Waals surface area contributed by atoms with E-state index in [1.807, 2.05) is 6.08 Å². The largest absolute Gasteiger partial charge is 0.512 e. The van der Waals surface area contributed by atoms with Crippen LogP contribution in [-0.4, -0.2) is 28.6 Å². The third-order valence-electron chi connectivity index (χ3n) is 3.40. The van der Waals surface area contributed by atoms with Gasteiger partial charge in [-0.2, -0.15) is 0 Å². The summed E-state index contributed by atoms with van der Waals surface area (Å²) in [6.07, 6.45) is 3.07. The molecule has 0 aromatic carbocycles. The van der Waals surface area contributed by atoms with Crippen LogP contribution in [0.5, 0.6) is 0 Å². The van der Waals surface area contributed by atoms with Crippen molar-refractivity contribution in [2.75, 3.05) is 13.1 Å². The fourth-order valence-electron chi connectivity index (χ4n) is 2.42. The molecule has 0 spiro atoms. The van der Waals surface area contributed by atoms with Gasteiger partial charge in [-0.3, -0.25) is 4.90 Å². The van der Waals surface area contributed by atoms with Crippen molar-refractivity contribution in [2.45, 2.75) is 32.7 Å². The van der Waals surface area contributed by atoms with Crippen LogP contribution < -0.4 is 0 Å². The highest BCUT2D eigenvalue weighted by molar-refractivity contribution is 5.13. The molecule has 2 aliphatic rings. The summed E-state index contributed by atoms with van der Waals surface area (Å²) in [5, 5.41) is 9.62. The molecule has 13 heavy (non-hydrogen) atoms. The summed E-state index contributed by atoms with van der Waals surface area (Å²) in [5.74, 6) is 1.75. The summed E-state index contributed by atoms with van der Waals surface area (Å²) in [5.41, 5.74) is 0.255. The maximum atomic E-state index is 9.62. The molecule has 0 bridgehead atoms. The van der Waals surface area contributed by atoms with E-state index < -0.39 is 0 Å². The molecule has 2 heteroatoms. The molecule has 1 saturated heterocycles. The number of rotatable bonds is 0. The Kier molecular flexibility index (Phi) is 1.91. The Balaban J connectivity index is 2.07. The minimum atomic E-state index is 0.255. The first-order valence-electron chi connectivity index (χ1n) is 5.12. The second kappa shape index (κ2) is 2.74. The van der Waals surface area contributed by atoms with Gasteiger partial charge >= 0.3 is 0 Å². The Morgan fingerprint density at radius 2 is 2.08 bits per heavy atom. The molecule has 1 heterocycles. The molecule has 2 atom stereocenters. The van der Waals surface area contributed by atoms with Crippen LogP contribution in [0.3, 0.4) is 0 Å². The Labute approximate surface area is 80.2 Å². The molecule has 0 amide bonds. The molecule has 2 rings (SSSR count). The Morgan fingerprint density at radius 3 is 2.62 bits per heavy atom. The monoisotopic (exact) mass is 181 g/mol. The van der Waals surface area contributed by atoms with E-state index in [-0.39, 0.29) is 5.54 Å². The van der Waals surface area contributed by atoms with E-state index in [0.717, 1.165) is 19.5 Å². The van der Waals surface area contributed by atoms with Gasteiger partial charge in [0.05, 0.1) is 5.76 Å². The molecular weight excluding hydrogens is 162 g/mol. The lowest BCUT2D eigenvalue weighted by molar-refractivity contribution is 0.162. The molecule has 74 valence electrons. The zero-order valence-corrected chi connectivity index (χ0v) is 8.75. The first-order chi connectivity index (χ1) is 5.98. The second-order valence-corrected chi connectivity index (χ2v) is 5.31. The summed E-state index contributed by atoms with van der Waals surface area (Å²) in [4.78, 5) is 2.48. The van der Waals surface area contributed by atoms with Gasteiger partial charge in [0.15, 0.2) is 0 Å². The predicted molar refractivity (Wildman–Crippen MR) is 53.6 cm³/mol. The van der Waals surface area contributed by atoms with Crippen LogP contribution in [0, 0.1) is 11.8 Å². The van der Waals surface area contributed by atoms with Crippen LogP contribution in [0.2, 0.25) is 0 Å². The first-order valence-corrected chi connectivity index (χ1v) is 5.12. The molecule has 2 nitrogen and oxygen atoms in total. The third kappa shape index (κ3) is 1.48. The van der Waals surface area contributed by atoms with Gasteiger partial charge in [0.25, 0.3) is 0 Å². The van der Waals surface area contributed by atoms with E-state index in [4.69, 9.17) is 0 Å². The van der Waals surface area contributed by atoms with Crippen LogP contribution in [0.25, 0.3) is 0 Å². The van der Waals surface area contributed by atoms with Crippen molar-refractivity contribution in [3.05, 3.63) is 11.8 Å². The third-order valence-corrected chi connectivity index (χ3v) is 3.40. The number of nitrogens with zero attached hydrogens (tertiary/aromatic N) is 1. The molecule has 1 aliphatic carbocycles. The molecule has 0 radical (unpaired) electrons. The quantitative estimate of drug-likeness (QED) is 0.619. The average Bonchev–Trinajstić information content (AvgIpc) is 2.51. The van der Waals surface area contributed by atoms with Crippen LogP contribution in [-0.2, 0) is 0 Å². The van der Waals surface area contributed by atoms with Crippen molar-refractivity contribution in [3.63, 3.8) is 0 Å². The lowest BCUT2D eigenvalue weighted by Crippen LogP contribution is -2.40. The standard InChI is InChI=1S/C11H19NO/c1-11(2,3)12-6-8-4-5-10(13)9(8)7-12/h5,8-9,13H,4,6-7H2,1-3H3/t8-,9+/m1/s1. The topological polar surface area (TPSA) is 23.5 Å². The first kappa shape index (κ1) is 9.07. The minimum absolute atomic E-state index is 0.255. The highest BCUT2D eigenvalue weighted by Crippen LogP contribution is 2.39. The van der Waals surface area contributed by atoms with Gasteiger partial charge in [-0.1, -0.05) is 0 Å². The maximum Gasteiger partial charge on any atom is 0.0930 e. The van der Waals surface area contributed by atoms with Gasteiger partial charge in [0, 0.05) is 24.5 Å². The number of aliphatic hydroxyl groups excluding tert-OH is 1. The zero-order chi connectivity index (χ0) is 9.64. The van der Waals surface area contributed by atoms with Crippen molar-refractivity contribution < 1.29 is 5.11 Å². The van der Waals surface area contributed by atoms with Crippen molar-refractivity contribution in [2.24, 2.45) is 11.8 Å². The van der Waals surface area contributed by atoms with Gasteiger partial charge in [-0.05, 0) is 39.2 Å². The average molecular weight is 181 g/mol. The summed E-state index contributed by atoms with van der Waals surface area (Å²) in [7, 11) is 0. The maximum absolute atomic E-state index is 9.62. The Bertz CT molecular complexity index is 239. The van der Waals surface area contributed by atoms with E-state index in [0.29, 0.717) is 17.6 Å². The fourth-order valence-corrected chi connectivity index (χ4v) is 2.42. The minimum Gasteiger partial charge on any atom is -0.512 e. The van der Waals surface area contributed by atoms with Gasteiger partial charge in [-0.25, -0.2) is 0 Å². The molecule has 1 N–H and O–H groups in total. The van der Waals surface area contributed by atoms with Crippen LogP contribution in [0.15, 0.2) is 11.8 Å². The molecule has 1 fully saturated rings. The van der Waals surface area contributed by atoms with E-state index >= 15 is 0 Å². The molecule has 0 saturated carbocycles. The van der Waals surface area contributed by atoms with Crippen LogP contribution in [0.4, 0.5) is 0 Å². The summed E-state index contributed by atoms with van der Waals surface area (Å²) in [6.45, 7) is 8.92. The van der Waals surface area contributed by atoms with E-state index in [1.165, 1.54) is 0 Å². The smallest absolute Gasteiger partial charge is 0.0930 e. The number of fused-ring (bicyclic) bond motifs is 1.